The second-order valence-electron chi connectivity index (χ2n) is 9.75. The van der Waals surface area contributed by atoms with E-state index in [1.165, 1.54) is 0 Å². The molecule has 1 aliphatic rings. The zero-order valence-corrected chi connectivity index (χ0v) is 21.2. The van der Waals surface area contributed by atoms with Crippen LogP contribution < -0.4 is 0 Å². The van der Waals surface area contributed by atoms with Gasteiger partial charge in [0.05, 0.1) is 63.1 Å². The highest BCUT2D eigenvalue weighted by Crippen LogP contribution is 2.40. The van der Waals surface area contributed by atoms with Gasteiger partial charge in [-0.2, -0.15) is 0 Å². The molecular weight excluding hydrogens is 400 g/mol. The molecule has 1 fully saturated rings. The topological polar surface area (TPSA) is 64.6 Å². The summed E-state index contributed by atoms with van der Waals surface area (Å²) in [5.74, 6) is 0.465. The first kappa shape index (κ1) is 28.8. The van der Waals surface area contributed by atoms with E-state index in [1.54, 1.807) is 21.3 Å². The fraction of sp³-hybridized carbons (Fsp3) is 1.00. The molecular formula is C24H48O7. The molecule has 0 aromatic heterocycles. The lowest BCUT2D eigenvalue weighted by atomic mass is 9.97. The maximum Gasteiger partial charge on any atom is 0.105 e. The molecule has 0 bridgehead atoms. The first-order chi connectivity index (χ1) is 14.6. The SMILES string of the molecule is COCCOCC(COC)OC(C)(C)CCOC1(C)CCC(C(COC)OC(C)C)C1. The Morgan fingerprint density at radius 2 is 1.65 bits per heavy atom. The van der Waals surface area contributed by atoms with Gasteiger partial charge in [0.15, 0.2) is 0 Å². The highest BCUT2D eigenvalue weighted by atomic mass is 16.6. The summed E-state index contributed by atoms with van der Waals surface area (Å²) in [7, 11) is 5.08. The summed E-state index contributed by atoms with van der Waals surface area (Å²) in [4.78, 5) is 0. The molecule has 0 spiro atoms. The molecule has 4 atom stereocenters. The largest absolute Gasteiger partial charge is 0.382 e. The third kappa shape index (κ3) is 11.9. The van der Waals surface area contributed by atoms with E-state index in [0.29, 0.717) is 45.6 Å². The molecule has 0 aromatic carbocycles. The van der Waals surface area contributed by atoms with Crippen molar-refractivity contribution in [1.29, 1.82) is 0 Å². The summed E-state index contributed by atoms with van der Waals surface area (Å²) in [6.45, 7) is 14.0. The lowest BCUT2D eigenvalue weighted by molar-refractivity contribution is -0.140. The molecule has 0 N–H and O–H groups in total. The van der Waals surface area contributed by atoms with Crippen molar-refractivity contribution in [2.75, 3.05) is 61.0 Å². The van der Waals surface area contributed by atoms with Crippen molar-refractivity contribution >= 4 is 0 Å². The smallest absolute Gasteiger partial charge is 0.105 e. The average molecular weight is 449 g/mol. The molecule has 0 aromatic rings. The second-order valence-corrected chi connectivity index (χ2v) is 9.75. The van der Waals surface area contributed by atoms with Crippen molar-refractivity contribution in [3.8, 4) is 0 Å². The number of methoxy groups -OCH3 is 3. The molecule has 1 saturated carbocycles. The van der Waals surface area contributed by atoms with Crippen LogP contribution in [-0.4, -0.2) is 90.5 Å². The van der Waals surface area contributed by atoms with Gasteiger partial charge in [-0.1, -0.05) is 0 Å². The van der Waals surface area contributed by atoms with Crippen LogP contribution in [-0.2, 0) is 33.2 Å². The maximum absolute atomic E-state index is 6.39. The minimum atomic E-state index is -0.332. The number of hydrogen-bond donors (Lipinski definition) is 0. The van der Waals surface area contributed by atoms with Crippen LogP contribution in [0.15, 0.2) is 0 Å². The highest BCUT2D eigenvalue weighted by Gasteiger charge is 2.40. The maximum atomic E-state index is 6.39. The molecule has 7 nitrogen and oxygen atoms in total. The Balaban J connectivity index is 2.46. The Labute approximate surface area is 190 Å². The molecule has 186 valence electrons. The summed E-state index contributed by atoms with van der Waals surface area (Å²) in [6.07, 6.45) is 4.15. The Kier molecular flexibility index (Phi) is 13.7. The molecule has 0 aliphatic heterocycles. The van der Waals surface area contributed by atoms with E-state index >= 15 is 0 Å². The highest BCUT2D eigenvalue weighted by molar-refractivity contribution is 4.91. The van der Waals surface area contributed by atoms with E-state index < -0.39 is 0 Å². The lowest BCUT2D eigenvalue weighted by Gasteiger charge is -2.33. The van der Waals surface area contributed by atoms with Crippen LogP contribution in [0.1, 0.15) is 60.3 Å². The van der Waals surface area contributed by atoms with Crippen molar-refractivity contribution in [3.05, 3.63) is 0 Å². The molecule has 4 unspecified atom stereocenters. The van der Waals surface area contributed by atoms with Crippen molar-refractivity contribution in [2.24, 2.45) is 5.92 Å². The first-order valence-electron chi connectivity index (χ1n) is 11.7. The standard InChI is InChI=1S/C24H48O7/c1-19(2)30-22(18-27-8)20-9-10-24(5,15-20)29-12-11-23(3,4)31-21(16-26-7)17-28-14-13-25-6/h19-22H,9-18H2,1-8H3. The zero-order chi connectivity index (χ0) is 23.3. The van der Waals surface area contributed by atoms with E-state index in [4.69, 9.17) is 33.2 Å². The normalized spacial score (nSPS) is 24.1. The quantitative estimate of drug-likeness (QED) is 0.295. The third-order valence-corrected chi connectivity index (χ3v) is 5.77. The summed E-state index contributed by atoms with van der Waals surface area (Å²) < 4.78 is 40.1. The minimum Gasteiger partial charge on any atom is -0.382 e. The van der Waals surface area contributed by atoms with Crippen LogP contribution in [0.2, 0.25) is 0 Å². The van der Waals surface area contributed by atoms with Gasteiger partial charge in [-0.15, -0.1) is 0 Å². The van der Waals surface area contributed by atoms with Crippen LogP contribution in [0.25, 0.3) is 0 Å². The van der Waals surface area contributed by atoms with E-state index in [0.717, 1.165) is 25.7 Å². The number of hydrogen-bond acceptors (Lipinski definition) is 7. The van der Waals surface area contributed by atoms with Gasteiger partial charge >= 0.3 is 0 Å². The monoisotopic (exact) mass is 448 g/mol. The van der Waals surface area contributed by atoms with E-state index in [-0.39, 0.29) is 29.5 Å². The van der Waals surface area contributed by atoms with Crippen LogP contribution in [0.3, 0.4) is 0 Å². The van der Waals surface area contributed by atoms with Crippen molar-refractivity contribution < 1.29 is 33.2 Å². The molecule has 0 amide bonds. The van der Waals surface area contributed by atoms with Gasteiger partial charge < -0.3 is 33.2 Å². The van der Waals surface area contributed by atoms with Crippen LogP contribution in [0.5, 0.6) is 0 Å². The summed E-state index contributed by atoms with van der Waals surface area (Å²) >= 11 is 0. The third-order valence-electron chi connectivity index (χ3n) is 5.77. The van der Waals surface area contributed by atoms with Crippen molar-refractivity contribution in [1.82, 2.24) is 0 Å². The Hall–Kier alpha value is -0.280. The average Bonchev–Trinajstić information content (AvgIpc) is 3.06. The Morgan fingerprint density at radius 1 is 0.935 bits per heavy atom. The van der Waals surface area contributed by atoms with Crippen molar-refractivity contribution in [2.45, 2.75) is 89.8 Å². The number of ether oxygens (including phenoxy) is 7. The molecule has 0 saturated heterocycles. The Bertz CT molecular complexity index is 457. The number of rotatable bonds is 18. The minimum absolute atomic E-state index is 0.119. The van der Waals surface area contributed by atoms with Gasteiger partial charge in [0.2, 0.25) is 0 Å². The van der Waals surface area contributed by atoms with Gasteiger partial charge in [0.1, 0.15) is 6.10 Å². The van der Waals surface area contributed by atoms with Gasteiger partial charge in [-0.3, -0.25) is 0 Å². The van der Waals surface area contributed by atoms with E-state index in [9.17, 15) is 0 Å². The van der Waals surface area contributed by atoms with Gasteiger partial charge in [-0.05, 0) is 66.2 Å². The molecule has 31 heavy (non-hydrogen) atoms. The summed E-state index contributed by atoms with van der Waals surface area (Å²) in [6, 6.07) is 0. The lowest BCUT2D eigenvalue weighted by Crippen LogP contribution is -2.38. The zero-order valence-electron chi connectivity index (χ0n) is 21.2. The first-order valence-corrected chi connectivity index (χ1v) is 11.7. The Morgan fingerprint density at radius 3 is 2.26 bits per heavy atom. The van der Waals surface area contributed by atoms with Crippen LogP contribution >= 0.6 is 0 Å². The van der Waals surface area contributed by atoms with E-state index in [1.807, 2.05) is 0 Å². The predicted molar refractivity (Wildman–Crippen MR) is 122 cm³/mol. The fourth-order valence-corrected chi connectivity index (χ4v) is 4.21. The summed E-state index contributed by atoms with van der Waals surface area (Å²) in [5.41, 5.74) is -0.455. The molecule has 0 radical (unpaired) electrons. The predicted octanol–water partition coefficient (Wildman–Crippen LogP) is 3.87. The summed E-state index contributed by atoms with van der Waals surface area (Å²) in [5, 5.41) is 0. The second kappa shape index (κ2) is 14.8. The van der Waals surface area contributed by atoms with Gasteiger partial charge in [0.25, 0.3) is 0 Å². The van der Waals surface area contributed by atoms with Gasteiger partial charge in [0, 0.05) is 21.3 Å². The molecule has 7 heteroatoms. The van der Waals surface area contributed by atoms with Crippen LogP contribution in [0, 0.1) is 5.92 Å². The van der Waals surface area contributed by atoms with Crippen molar-refractivity contribution in [3.63, 3.8) is 0 Å². The molecule has 1 rings (SSSR count). The molecule has 1 aliphatic carbocycles. The fourth-order valence-electron chi connectivity index (χ4n) is 4.21. The van der Waals surface area contributed by atoms with E-state index in [2.05, 4.69) is 34.6 Å². The van der Waals surface area contributed by atoms with Crippen LogP contribution in [0.4, 0.5) is 0 Å². The molecule has 0 heterocycles. The van der Waals surface area contributed by atoms with Gasteiger partial charge in [-0.25, -0.2) is 0 Å².